The summed E-state index contributed by atoms with van der Waals surface area (Å²) in [5.74, 6) is 0.857. The minimum atomic E-state index is -3.48. The van der Waals surface area contributed by atoms with Gasteiger partial charge in [0.2, 0.25) is 10.0 Å². The first-order valence-corrected chi connectivity index (χ1v) is 9.95. The zero-order valence-electron chi connectivity index (χ0n) is 14.5. The van der Waals surface area contributed by atoms with Crippen LogP contribution in [-0.2, 0) is 14.8 Å². The summed E-state index contributed by atoms with van der Waals surface area (Å²) in [6.07, 6.45) is 1.83. The number of hydrogen-bond acceptors (Lipinski definition) is 5. The normalized spacial score (nSPS) is 20.7. The van der Waals surface area contributed by atoms with E-state index in [0.29, 0.717) is 43.6 Å². The predicted octanol–water partition coefficient (Wildman–Crippen LogP) is 1.85. The van der Waals surface area contributed by atoms with Crippen LogP contribution in [0.3, 0.4) is 0 Å². The van der Waals surface area contributed by atoms with Crippen LogP contribution in [0.2, 0.25) is 0 Å². The second-order valence-electron chi connectivity index (χ2n) is 6.14. The maximum Gasteiger partial charge on any atom is 0.243 e. The van der Waals surface area contributed by atoms with Gasteiger partial charge in [-0.25, -0.2) is 8.42 Å². The Morgan fingerprint density at radius 2 is 2.00 bits per heavy atom. The van der Waals surface area contributed by atoms with E-state index in [2.05, 4.69) is 0 Å². The Morgan fingerprint density at radius 1 is 1.29 bits per heavy atom. The lowest BCUT2D eigenvalue weighted by atomic mass is 9.93. The molecule has 0 aliphatic carbocycles. The summed E-state index contributed by atoms with van der Waals surface area (Å²) in [7, 11) is -3.48. The second kappa shape index (κ2) is 8.80. The van der Waals surface area contributed by atoms with Crippen molar-refractivity contribution in [2.45, 2.75) is 37.6 Å². The van der Waals surface area contributed by atoms with Crippen molar-refractivity contribution in [3.63, 3.8) is 0 Å². The summed E-state index contributed by atoms with van der Waals surface area (Å²) in [5.41, 5.74) is 5.95. The number of nitrogens with zero attached hydrogens (tertiary/aromatic N) is 1. The molecule has 2 N–H and O–H groups in total. The van der Waals surface area contributed by atoms with Crippen LogP contribution in [0.15, 0.2) is 29.2 Å². The first-order chi connectivity index (χ1) is 11.4. The van der Waals surface area contributed by atoms with Gasteiger partial charge in [0.15, 0.2) is 0 Å². The van der Waals surface area contributed by atoms with E-state index in [1.165, 1.54) is 0 Å². The molecule has 0 bridgehead atoms. The van der Waals surface area contributed by atoms with Gasteiger partial charge in [-0.3, -0.25) is 0 Å². The van der Waals surface area contributed by atoms with Gasteiger partial charge >= 0.3 is 0 Å². The van der Waals surface area contributed by atoms with Gasteiger partial charge in [0.1, 0.15) is 12.4 Å². The van der Waals surface area contributed by atoms with E-state index >= 15 is 0 Å². The van der Waals surface area contributed by atoms with Crippen LogP contribution < -0.4 is 10.5 Å². The maximum atomic E-state index is 12.8. The molecular weight excluding hydrogens is 328 g/mol. The average Bonchev–Trinajstić information content (AvgIpc) is 2.59. The van der Waals surface area contributed by atoms with Crippen molar-refractivity contribution in [1.29, 1.82) is 0 Å². The third kappa shape index (κ3) is 4.92. The third-order valence-corrected chi connectivity index (χ3v) is 6.21. The molecule has 0 aromatic heterocycles. The number of ether oxygens (including phenoxy) is 2. The molecule has 0 spiro atoms. The van der Waals surface area contributed by atoms with E-state index in [1.54, 1.807) is 28.6 Å². The molecule has 0 radical (unpaired) electrons. The third-order valence-electron chi connectivity index (χ3n) is 4.33. The summed E-state index contributed by atoms with van der Waals surface area (Å²) in [6.45, 7) is 6.53. The lowest BCUT2D eigenvalue weighted by molar-refractivity contribution is 0.110. The van der Waals surface area contributed by atoms with E-state index < -0.39 is 10.0 Å². The molecule has 1 saturated heterocycles. The zero-order chi connectivity index (χ0) is 17.6. The molecule has 7 heteroatoms. The van der Waals surface area contributed by atoms with E-state index in [4.69, 9.17) is 15.2 Å². The molecule has 2 atom stereocenters. The largest absolute Gasteiger partial charge is 0.491 e. The molecule has 1 aliphatic rings. The predicted molar refractivity (Wildman–Crippen MR) is 93.6 cm³/mol. The molecular formula is C17H28N2O4S. The molecule has 0 saturated carbocycles. The van der Waals surface area contributed by atoms with E-state index in [1.807, 2.05) is 13.8 Å². The van der Waals surface area contributed by atoms with E-state index in [0.717, 1.165) is 12.8 Å². The van der Waals surface area contributed by atoms with Gasteiger partial charge in [-0.05, 0) is 56.9 Å². The Kier molecular flexibility index (Phi) is 7.03. The van der Waals surface area contributed by atoms with Crippen LogP contribution >= 0.6 is 0 Å². The average molecular weight is 356 g/mol. The highest BCUT2D eigenvalue weighted by Crippen LogP contribution is 2.26. The molecule has 0 amide bonds. The Balaban J connectivity index is 2.01. The van der Waals surface area contributed by atoms with Crippen molar-refractivity contribution in [2.24, 2.45) is 11.7 Å². The number of benzene rings is 1. The Morgan fingerprint density at radius 3 is 2.62 bits per heavy atom. The SMILES string of the molecule is CCOCCOc1ccc(S(=O)(=O)N2CCCC(C(C)N)C2)cc1. The second-order valence-corrected chi connectivity index (χ2v) is 8.08. The number of nitrogens with two attached hydrogens (primary N) is 1. The molecule has 1 heterocycles. The first-order valence-electron chi connectivity index (χ1n) is 8.51. The lowest BCUT2D eigenvalue weighted by Crippen LogP contribution is -2.44. The number of rotatable bonds is 8. The Hall–Kier alpha value is -1.15. The van der Waals surface area contributed by atoms with E-state index in [9.17, 15) is 8.42 Å². The van der Waals surface area contributed by atoms with Gasteiger partial charge in [-0.15, -0.1) is 0 Å². The highest BCUT2D eigenvalue weighted by molar-refractivity contribution is 7.89. The zero-order valence-corrected chi connectivity index (χ0v) is 15.3. The molecule has 1 aliphatic heterocycles. The lowest BCUT2D eigenvalue weighted by Gasteiger charge is -2.33. The smallest absolute Gasteiger partial charge is 0.243 e. The molecule has 6 nitrogen and oxygen atoms in total. The summed E-state index contributed by atoms with van der Waals surface area (Å²) < 4.78 is 37.9. The van der Waals surface area contributed by atoms with Crippen molar-refractivity contribution in [3.05, 3.63) is 24.3 Å². The fraction of sp³-hybridized carbons (Fsp3) is 0.647. The Labute approximate surface area is 145 Å². The van der Waals surface area contributed by atoms with Crippen LogP contribution in [0.5, 0.6) is 5.75 Å². The minimum Gasteiger partial charge on any atom is -0.491 e. The molecule has 2 unspecified atom stereocenters. The van der Waals surface area contributed by atoms with Crippen molar-refractivity contribution >= 4 is 10.0 Å². The van der Waals surface area contributed by atoms with Crippen LogP contribution in [0, 0.1) is 5.92 Å². The molecule has 1 aromatic rings. The van der Waals surface area contributed by atoms with Gasteiger partial charge in [0, 0.05) is 25.7 Å². The van der Waals surface area contributed by atoms with Gasteiger partial charge in [-0.2, -0.15) is 4.31 Å². The summed E-state index contributed by atoms with van der Waals surface area (Å²) in [5, 5.41) is 0. The molecule has 24 heavy (non-hydrogen) atoms. The van der Waals surface area contributed by atoms with Gasteiger partial charge in [-0.1, -0.05) is 0 Å². The monoisotopic (exact) mass is 356 g/mol. The molecule has 2 rings (SSSR count). The summed E-state index contributed by atoms with van der Waals surface area (Å²) in [6, 6.07) is 6.57. The van der Waals surface area contributed by atoms with E-state index in [-0.39, 0.29) is 12.0 Å². The number of piperidine rings is 1. The first kappa shape index (κ1) is 19.2. The summed E-state index contributed by atoms with van der Waals surface area (Å²) in [4.78, 5) is 0.296. The van der Waals surface area contributed by atoms with Crippen molar-refractivity contribution < 1.29 is 17.9 Å². The van der Waals surface area contributed by atoms with Crippen LogP contribution in [0.1, 0.15) is 26.7 Å². The quantitative estimate of drug-likeness (QED) is 0.719. The van der Waals surface area contributed by atoms with Crippen molar-refractivity contribution in [2.75, 3.05) is 32.9 Å². The van der Waals surface area contributed by atoms with Crippen molar-refractivity contribution in [3.8, 4) is 5.75 Å². The highest BCUT2D eigenvalue weighted by Gasteiger charge is 2.31. The number of sulfonamides is 1. The number of hydrogen-bond donors (Lipinski definition) is 1. The van der Waals surface area contributed by atoms with Gasteiger partial charge in [0.05, 0.1) is 11.5 Å². The van der Waals surface area contributed by atoms with Crippen molar-refractivity contribution in [1.82, 2.24) is 4.31 Å². The minimum absolute atomic E-state index is 0.00381. The fourth-order valence-electron chi connectivity index (χ4n) is 2.84. The molecule has 136 valence electrons. The van der Waals surface area contributed by atoms with Gasteiger partial charge in [0.25, 0.3) is 0 Å². The standard InChI is InChI=1S/C17H28N2O4S/c1-3-22-11-12-23-16-6-8-17(9-7-16)24(20,21)19-10-4-5-15(13-19)14(2)18/h6-9,14-15H,3-5,10-13,18H2,1-2H3. The topological polar surface area (TPSA) is 81.9 Å². The van der Waals surface area contributed by atoms with Crippen LogP contribution in [0.4, 0.5) is 0 Å². The van der Waals surface area contributed by atoms with Gasteiger partial charge < -0.3 is 15.2 Å². The Bertz CT molecular complexity index is 602. The van der Waals surface area contributed by atoms with Crippen LogP contribution in [-0.4, -0.2) is 51.7 Å². The molecule has 1 aromatic carbocycles. The summed E-state index contributed by atoms with van der Waals surface area (Å²) >= 11 is 0. The molecule has 1 fully saturated rings. The van der Waals surface area contributed by atoms with Crippen LogP contribution in [0.25, 0.3) is 0 Å². The highest BCUT2D eigenvalue weighted by atomic mass is 32.2. The maximum absolute atomic E-state index is 12.8. The fourth-order valence-corrected chi connectivity index (χ4v) is 4.38.